The maximum absolute atomic E-state index is 11.9. The van der Waals surface area contributed by atoms with Gasteiger partial charge in [-0.15, -0.1) is 0 Å². The molecule has 7 heteroatoms. The van der Waals surface area contributed by atoms with Gasteiger partial charge in [0.15, 0.2) is 0 Å². The first-order valence-electron chi connectivity index (χ1n) is 5.66. The molecule has 1 unspecified atom stereocenters. The van der Waals surface area contributed by atoms with Crippen LogP contribution in [-0.2, 0) is 14.8 Å². The molecule has 0 bridgehead atoms. The molecule has 0 aliphatic carbocycles. The van der Waals surface area contributed by atoms with Crippen LogP contribution in [0.2, 0.25) is 0 Å². The van der Waals surface area contributed by atoms with Gasteiger partial charge in [0, 0.05) is 26.8 Å². The number of likely N-dealkylation sites (N-methyl/N-ethyl adjacent to an activating group) is 1. The summed E-state index contributed by atoms with van der Waals surface area (Å²) in [6.45, 7) is 1.56. The van der Waals surface area contributed by atoms with Gasteiger partial charge < -0.3 is 10.0 Å². The molecule has 0 saturated carbocycles. The smallest absolute Gasteiger partial charge is 0.326 e. The SMILES string of the molecule is CC(C(=O)O)N(C)c1ccc(S(=O)(=O)N(C)C)cc1. The summed E-state index contributed by atoms with van der Waals surface area (Å²) in [4.78, 5) is 12.6. The van der Waals surface area contributed by atoms with E-state index in [9.17, 15) is 13.2 Å². The van der Waals surface area contributed by atoms with Crippen LogP contribution in [0.15, 0.2) is 29.2 Å². The lowest BCUT2D eigenvalue weighted by Crippen LogP contribution is -2.35. The number of rotatable bonds is 5. The van der Waals surface area contributed by atoms with E-state index in [4.69, 9.17) is 5.11 Å². The number of hydrogen-bond acceptors (Lipinski definition) is 4. The maximum Gasteiger partial charge on any atom is 0.326 e. The Morgan fingerprint density at radius 1 is 1.16 bits per heavy atom. The van der Waals surface area contributed by atoms with E-state index in [0.717, 1.165) is 4.31 Å². The van der Waals surface area contributed by atoms with Crippen LogP contribution in [0.25, 0.3) is 0 Å². The Balaban J connectivity index is 3.04. The average molecular weight is 286 g/mol. The quantitative estimate of drug-likeness (QED) is 0.868. The number of sulfonamides is 1. The van der Waals surface area contributed by atoms with Crippen LogP contribution in [0.3, 0.4) is 0 Å². The number of hydrogen-bond donors (Lipinski definition) is 1. The zero-order valence-electron chi connectivity index (χ0n) is 11.4. The van der Waals surface area contributed by atoms with E-state index in [1.165, 1.54) is 26.2 Å². The third-order valence-corrected chi connectivity index (χ3v) is 4.79. The summed E-state index contributed by atoms with van der Waals surface area (Å²) >= 11 is 0. The fourth-order valence-corrected chi connectivity index (χ4v) is 2.35. The molecule has 0 aliphatic rings. The molecule has 0 aliphatic heterocycles. The van der Waals surface area contributed by atoms with Gasteiger partial charge >= 0.3 is 5.97 Å². The van der Waals surface area contributed by atoms with E-state index in [2.05, 4.69) is 0 Å². The van der Waals surface area contributed by atoms with Crippen LogP contribution in [0, 0.1) is 0 Å². The second kappa shape index (κ2) is 5.58. The van der Waals surface area contributed by atoms with Crippen molar-refractivity contribution >= 4 is 21.7 Å². The predicted molar refractivity (Wildman–Crippen MR) is 72.8 cm³/mol. The number of aliphatic carboxylic acids is 1. The summed E-state index contributed by atoms with van der Waals surface area (Å²) in [5.74, 6) is -0.938. The molecule has 1 aromatic rings. The zero-order chi connectivity index (χ0) is 14.8. The highest BCUT2D eigenvalue weighted by molar-refractivity contribution is 7.89. The Kier molecular flexibility index (Phi) is 4.54. The highest BCUT2D eigenvalue weighted by atomic mass is 32.2. The van der Waals surface area contributed by atoms with Gasteiger partial charge in [-0.1, -0.05) is 0 Å². The summed E-state index contributed by atoms with van der Waals surface area (Å²) < 4.78 is 24.9. The fourth-order valence-electron chi connectivity index (χ4n) is 1.45. The van der Waals surface area contributed by atoms with Crippen molar-refractivity contribution in [2.45, 2.75) is 17.9 Å². The molecule has 19 heavy (non-hydrogen) atoms. The molecule has 1 N–H and O–H groups in total. The minimum atomic E-state index is -3.46. The predicted octanol–water partition coefficient (Wildman–Crippen LogP) is 0.846. The van der Waals surface area contributed by atoms with Crippen molar-refractivity contribution in [3.05, 3.63) is 24.3 Å². The Labute approximate surface area is 113 Å². The molecule has 0 amide bonds. The lowest BCUT2D eigenvalue weighted by Gasteiger charge is -2.24. The Bertz CT molecular complexity index is 552. The first-order valence-corrected chi connectivity index (χ1v) is 7.10. The summed E-state index contributed by atoms with van der Waals surface area (Å²) in [6, 6.07) is 5.44. The normalized spacial score (nSPS) is 13.3. The Morgan fingerprint density at radius 3 is 2.00 bits per heavy atom. The number of carboxylic acid groups (broad SMARTS) is 1. The molecule has 0 fully saturated rings. The molecule has 1 rings (SSSR count). The summed E-state index contributed by atoms with van der Waals surface area (Å²) in [5.41, 5.74) is 0.646. The number of carbonyl (C=O) groups is 1. The molecular formula is C12H18N2O4S. The van der Waals surface area contributed by atoms with E-state index in [1.807, 2.05) is 0 Å². The number of benzene rings is 1. The second-order valence-electron chi connectivity index (χ2n) is 4.41. The molecule has 106 valence electrons. The van der Waals surface area contributed by atoms with E-state index in [-0.39, 0.29) is 4.90 Å². The molecule has 0 saturated heterocycles. The minimum absolute atomic E-state index is 0.178. The topological polar surface area (TPSA) is 77.9 Å². The Morgan fingerprint density at radius 2 is 1.63 bits per heavy atom. The molecule has 0 heterocycles. The van der Waals surface area contributed by atoms with Gasteiger partial charge in [0.2, 0.25) is 10.0 Å². The van der Waals surface area contributed by atoms with Gasteiger partial charge in [0.05, 0.1) is 4.90 Å². The summed E-state index contributed by atoms with van der Waals surface area (Å²) in [5, 5.41) is 8.93. The first kappa shape index (κ1) is 15.5. The van der Waals surface area contributed by atoms with Crippen molar-refractivity contribution in [3.8, 4) is 0 Å². The largest absolute Gasteiger partial charge is 0.480 e. The van der Waals surface area contributed by atoms with Crippen LogP contribution < -0.4 is 4.90 Å². The van der Waals surface area contributed by atoms with Crippen LogP contribution in [0.1, 0.15) is 6.92 Å². The van der Waals surface area contributed by atoms with Crippen molar-refractivity contribution in [1.82, 2.24) is 4.31 Å². The van der Waals surface area contributed by atoms with Crippen molar-refractivity contribution in [2.75, 3.05) is 26.0 Å². The minimum Gasteiger partial charge on any atom is -0.480 e. The van der Waals surface area contributed by atoms with E-state index < -0.39 is 22.0 Å². The molecule has 1 aromatic carbocycles. The van der Waals surface area contributed by atoms with Crippen LogP contribution >= 0.6 is 0 Å². The van der Waals surface area contributed by atoms with Gasteiger partial charge in [-0.3, -0.25) is 0 Å². The Hall–Kier alpha value is -1.60. The highest BCUT2D eigenvalue weighted by Crippen LogP contribution is 2.20. The third-order valence-electron chi connectivity index (χ3n) is 2.96. The van der Waals surface area contributed by atoms with Crippen LogP contribution in [0.4, 0.5) is 5.69 Å². The van der Waals surface area contributed by atoms with Crippen molar-refractivity contribution < 1.29 is 18.3 Å². The van der Waals surface area contributed by atoms with Gasteiger partial charge in [-0.05, 0) is 31.2 Å². The van der Waals surface area contributed by atoms with Crippen molar-refractivity contribution in [1.29, 1.82) is 0 Å². The van der Waals surface area contributed by atoms with E-state index >= 15 is 0 Å². The summed E-state index contributed by atoms with van der Waals surface area (Å²) in [6.07, 6.45) is 0. The summed E-state index contributed by atoms with van der Waals surface area (Å²) in [7, 11) is 1.11. The second-order valence-corrected chi connectivity index (χ2v) is 6.56. The van der Waals surface area contributed by atoms with E-state index in [1.54, 1.807) is 31.0 Å². The molecule has 0 aromatic heterocycles. The highest BCUT2D eigenvalue weighted by Gasteiger charge is 2.19. The lowest BCUT2D eigenvalue weighted by atomic mass is 10.2. The molecule has 0 spiro atoms. The lowest BCUT2D eigenvalue weighted by molar-refractivity contribution is -0.138. The van der Waals surface area contributed by atoms with Gasteiger partial charge in [-0.25, -0.2) is 17.5 Å². The van der Waals surface area contributed by atoms with Gasteiger partial charge in [-0.2, -0.15) is 0 Å². The van der Waals surface area contributed by atoms with Crippen molar-refractivity contribution in [3.63, 3.8) is 0 Å². The van der Waals surface area contributed by atoms with Crippen LogP contribution in [-0.4, -0.2) is 51.0 Å². The number of anilines is 1. The standard InChI is InChI=1S/C12H18N2O4S/c1-9(12(15)16)14(4)10-5-7-11(8-6-10)19(17,18)13(2)3/h5-9H,1-4H3,(H,15,16). The third kappa shape index (κ3) is 3.24. The van der Waals surface area contributed by atoms with Crippen molar-refractivity contribution in [2.24, 2.45) is 0 Å². The van der Waals surface area contributed by atoms with Gasteiger partial charge in [0.1, 0.15) is 6.04 Å². The number of nitrogens with zero attached hydrogens (tertiary/aromatic N) is 2. The molecule has 6 nitrogen and oxygen atoms in total. The van der Waals surface area contributed by atoms with E-state index in [0.29, 0.717) is 5.69 Å². The average Bonchev–Trinajstić information content (AvgIpc) is 2.36. The van der Waals surface area contributed by atoms with Gasteiger partial charge in [0.25, 0.3) is 0 Å². The fraction of sp³-hybridized carbons (Fsp3) is 0.417. The first-order chi connectivity index (χ1) is 8.67. The number of carboxylic acids is 1. The monoisotopic (exact) mass is 286 g/mol. The maximum atomic E-state index is 11.9. The molecule has 1 atom stereocenters. The zero-order valence-corrected chi connectivity index (χ0v) is 12.2. The van der Waals surface area contributed by atoms with Crippen LogP contribution in [0.5, 0.6) is 0 Å². The molecule has 0 radical (unpaired) electrons. The molecular weight excluding hydrogens is 268 g/mol.